The van der Waals surface area contributed by atoms with Crippen molar-refractivity contribution in [3.63, 3.8) is 0 Å². The normalized spacial score (nSPS) is 22.6. The molecule has 1 saturated heterocycles. The van der Waals surface area contributed by atoms with Crippen molar-refractivity contribution < 1.29 is 0 Å². The van der Waals surface area contributed by atoms with E-state index in [2.05, 4.69) is 54.2 Å². The molecular formula is C16H19N3. The molecule has 0 radical (unpaired) electrons. The summed E-state index contributed by atoms with van der Waals surface area (Å²) in [4.78, 5) is 0. The van der Waals surface area contributed by atoms with E-state index >= 15 is 0 Å². The van der Waals surface area contributed by atoms with E-state index in [-0.39, 0.29) is 0 Å². The predicted octanol–water partition coefficient (Wildman–Crippen LogP) is 2.86. The van der Waals surface area contributed by atoms with Gasteiger partial charge in [0, 0.05) is 17.8 Å². The highest BCUT2D eigenvalue weighted by atomic mass is 15.4. The summed E-state index contributed by atoms with van der Waals surface area (Å²) in [6.45, 7) is 2.16. The van der Waals surface area contributed by atoms with E-state index in [0.717, 1.165) is 12.1 Å². The van der Waals surface area contributed by atoms with Crippen molar-refractivity contribution in [2.45, 2.75) is 25.4 Å². The molecule has 0 aromatic heterocycles. The minimum Gasteiger partial charge on any atom is -0.399 e. The molecule has 1 aliphatic rings. The number of hydrogen-bond acceptors (Lipinski definition) is 3. The van der Waals surface area contributed by atoms with Crippen LogP contribution in [0.3, 0.4) is 0 Å². The van der Waals surface area contributed by atoms with Gasteiger partial charge in [0.2, 0.25) is 0 Å². The van der Waals surface area contributed by atoms with E-state index < -0.39 is 0 Å². The van der Waals surface area contributed by atoms with Gasteiger partial charge in [0.15, 0.2) is 0 Å². The Morgan fingerprint density at radius 3 is 2.37 bits per heavy atom. The Hall–Kier alpha value is -1.84. The molecule has 1 heterocycles. The van der Waals surface area contributed by atoms with Gasteiger partial charge in [0.05, 0.1) is 0 Å². The van der Waals surface area contributed by atoms with E-state index in [1.54, 1.807) is 0 Å². The molecule has 0 bridgehead atoms. The lowest BCUT2D eigenvalue weighted by Gasteiger charge is -2.12. The third-order valence-corrected chi connectivity index (χ3v) is 3.81. The van der Waals surface area contributed by atoms with Crippen LogP contribution >= 0.6 is 0 Å². The average molecular weight is 253 g/mol. The molecule has 3 rings (SSSR count). The van der Waals surface area contributed by atoms with Crippen LogP contribution in [-0.4, -0.2) is 0 Å². The van der Waals surface area contributed by atoms with Crippen LogP contribution in [0.5, 0.6) is 0 Å². The first-order valence-electron chi connectivity index (χ1n) is 6.66. The second-order valence-corrected chi connectivity index (χ2v) is 5.15. The number of hydrogen-bond donors (Lipinski definition) is 3. The predicted molar refractivity (Wildman–Crippen MR) is 78.4 cm³/mol. The molecule has 4 N–H and O–H groups in total. The maximum atomic E-state index is 5.73. The van der Waals surface area contributed by atoms with Crippen LogP contribution in [-0.2, 0) is 0 Å². The molecule has 2 atom stereocenters. The van der Waals surface area contributed by atoms with Crippen LogP contribution in [0.2, 0.25) is 0 Å². The molecule has 2 unspecified atom stereocenters. The van der Waals surface area contributed by atoms with Gasteiger partial charge in [0.1, 0.15) is 0 Å². The topological polar surface area (TPSA) is 50.1 Å². The molecular weight excluding hydrogens is 234 g/mol. The number of rotatable bonds is 2. The Morgan fingerprint density at radius 2 is 1.63 bits per heavy atom. The lowest BCUT2D eigenvalue weighted by Crippen LogP contribution is -2.26. The van der Waals surface area contributed by atoms with Gasteiger partial charge in [-0.3, -0.25) is 0 Å². The second-order valence-electron chi connectivity index (χ2n) is 5.15. The van der Waals surface area contributed by atoms with Crippen LogP contribution in [0, 0.1) is 6.92 Å². The highest BCUT2D eigenvalue weighted by molar-refractivity contribution is 5.40. The minimum atomic E-state index is 0.338. The summed E-state index contributed by atoms with van der Waals surface area (Å²) in [5.41, 5.74) is 17.3. The fourth-order valence-electron chi connectivity index (χ4n) is 2.68. The molecule has 0 amide bonds. The van der Waals surface area contributed by atoms with Crippen molar-refractivity contribution in [1.29, 1.82) is 0 Å². The zero-order chi connectivity index (χ0) is 13.2. The van der Waals surface area contributed by atoms with Gasteiger partial charge in [-0.05, 0) is 42.2 Å². The third kappa shape index (κ3) is 2.48. The Labute approximate surface area is 113 Å². The summed E-state index contributed by atoms with van der Waals surface area (Å²) < 4.78 is 0. The summed E-state index contributed by atoms with van der Waals surface area (Å²) >= 11 is 0. The van der Waals surface area contributed by atoms with Gasteiger partial charge < -0.3 is 5.73 Å². The molecule has 2 aromatic carbocycles. The number of nitrogens with two attached hydrogens (primary N) is 1. The quantitative estimate of drug-likeness (QED) is 0.721. The molecule has 1 fully saturated rings. The van der Waals surface area contributed by atoms with E-state index in [4.69, 9.17) is 5.73 Å². The van der Waals surface area contributed by atoms with E-state index in [1.807, 2.05) is 12.1 Å². The Balaban J connectivity index is 1.77. The standard InChI is InChI=1S/C16H19N3/c1-11-4-2-3-5-14(11)16-10-15(18-19-16)12-6-8-13(17)9-7-12/h2-9,15-16,18-19H,10,17H2,1H3. The second kappa shape index (κ2) is 5.03. The van der Waals surface area contributed by atoms with Gasteiger partial charge in [0.25, 0.3) is 0 Å². The van der Waals surface area contributed by atoms with Crippen LogP contribution in [0.15, 0.2) is 48.5 Å². The Bertz CT molecular complexity index is 562. The number of hydrazine groups is 1. The highest BCUT2D eigenvalue weighted by Crippen LogP contribution is 2.32. The van der Waals surface area contributed by atoms with Crippen molar-refractivity contribution in [1.82, 2.24) is 10.9 Å². The average Bonchev–Trinajstić information content (AvgIpc) is 2.89. The smallest absolute Gasteiger partial charge is 0.0483 e. The maximum Gasteiger partial charge on any atom is 0.0483 e. The maximum absolute atomic E-state index is 5.73. The fraction of sp³-hybridized carbons (Fsp3) is 0.250. The van der Waals surface area contributed by atoms with Gasteiger partial charge in [-0.2, -0.15) is 0 Å². The van der Waals surface area contributed by atoms with E-state index in [1.165, 1.54) is 16.7 Å². The van der Waals surface area contributed by atoms with Crippen LogP contribution in [0.4, 0.5) is 5.69 Å². The summed E-state index contributed by atoms with van der Waals surface area (Å²) in [6, 6.07) is 17.3. The number of aryl methyl sites for hydroxylation is 1. The van der Waals surface area contributed by atoms with Crippen LogP contribution in [0.1, 0.15) is 35.2 Å². The number of nitrogen functional groups attached to an aromatic ring is 1. The monoisotopic (exact) mass is 253 g/mol. The first-order chi connectivity index (χ1) is 9.24. The number of benzene rings is 2. The molecule has 1 aliphatic heterocycles. The molecule has 0 spiro atoms. The summed E-state index contributed by atoms with van der Waals surface area (Å²) in [6.07, 6.45) is 1.05. The first-order valence-corrected chi connectivity index (χ1v) is 6.66. The SMILES string of the molecule is Cc1ccccc1C1CC(c2ccc(N)cc2)NN1. The molecule has 3 nitrogen and oxygen atoms in total. The van der Waals surface area contributed by atoms with Gasteiger partial charge >= 0.3 is 0 Å². The fourth-order valence-corrected chi connectivity index (χ4v) is 2.68. The molecule has 0 aliphatic carbocycles. The zero-order valence-corrected chi connectivity index (χ0v) is 11.1. The number of anilines is 1. The molecule has 98 valence electrons. The van der Waals surface area contributed by atoms with Crippen molar-refractivity contribution in [2.24, 2.45) is 0 Å². The lowest BCUT2D eigenvalue weighted by atomic mass is 9.95. The van der Waals surface area contributed by atoms with E-state index in [0.29, 0.717) is 12.1 Å². The van der Waals surface area contributed by atoms with Crippen molar-refractivity contribution in [2.75, 3.05) is 5.73 Å². The van der Waals surface area contributed by atoms with Gasteiger partial charge in [-0.15, -0.1) is 0 Å². The van der Waals surface area contributed by atoms with Crippen molar-refractivity contribution in [3.05, 3.63) is 65.2 Å². The summed E-state index contributed by atoms with van der Waals surface area (Å²) in [5, 5.41) is 0. The zero-order valence-electron chi connectivity index (χ0n) is 11.1. The molecule has 0 saturated carbocycles. The summed E-state index contributed by atoms with van der Waals surface area (Å²) in [7, 11) is 0. The van der Waals surface area contributed by atoms with Crippen LogP contribution < -0.4 is 16.6 Å². The van der Waals surface area contributed by atoms with E-state index in [9.17, 15) is 0 Å². The van der Waals surface area contributed by atoms with Crippen LogP contribution in [0.25, 0.3) is 0 Å². The van der Waals surface area contributed by atoms with Gasteiger partial charge in [-0.1, -0.05) is 36.4 Å². The summed E-state index contributed by atoms with van der Waals surface area (Å²) in [5.74, 6) is 0. The first kappa shape index (κ1) is 12.2. The number of nitrogens with one attached hydrogen (secondary N) is 2. The largest absolute Gasteiger partial charge is 0.399 e. The molecule has 19 heavy (non-hydrogen) atoms. The third-order valence-electron chi connectivity index (χ3n) is 3.81. The Morgan fingerprint density at radius 1 is 0.947 bits per heavy atom. The van der Waals surface area contributed by atoms with Crippen molar-refractivity contribution in [3.8, 4) is 0 Å². The molecule has 2 aromatic rings. The minimum absolute atomic E-state index is 0.338. The molecule has 3 heteroatoms. The lowest BCUT2D eigenvalue weighted by molar-refractivity contribution is 0.554. The Kier molecular flexibility index (Phi) is 3.23. The van der Waals surface area contributed by atoms with Crippen molar-refractivity contribution >= 4 is 5.69 Å². The van der Waals surface area contributed by atoms with Gasteiger partial charge in [-0.25, -0.2) is 10.9 Å². The highest BCUT2D eigenvalue weighted by Gasteiger charge is 2.26.